The van der Waals surface area contributed by atoms with Crippen molar-refractivity contribution in [2.45, 2.75) is 0 Å². The molecule has 0 aliphatic carbocycles. The van der Waals surface area contributed by atoms with Gasteiger partial charge in [-0.15, -0.1) is 0 Å². The van der Waals surface area contributed by atoms with Crippen LogP contribution in [0.25, 0.3) is 0 Å². The summed E-state index contributed by atoms with van der Waals surface area (Å²) in [7, 11) is 0. The van der Waals surface area contributed by atoms with E-state index in [9.17, 15) is 70.2 Å². The molecule has 0 spiro atoms. The number of nitrogens with zero attached hydrogens (tertiary/aromatic N) is 7. The van der Waals surface area contributed by atoms with Gasteiger partial charge in [-0.3, -0.25) is 64.6 Å². The predicted octanol–water partition coefficient (Wildman–Crippen LogP) is 1.12. The van der Waals surface area contributed by atoms with Gasteiger partial charge in [-0.25, -0.2) is 0 Å². The number of fused-ring (bicyclic) bond motifs is 1. The predicted molar refractivity (Wildman–Crippen MR) is 156 cm³/mol. The van der Waals surface area contributed by atoms with Crippen LogP contribution in [0.3, 0.4) is 0 Å². The Morgan fingerprint density at radius 2 is 1.17 bits per heavy atom. The Balaban J connectivity index is 2.24. The zero-order chi connectivity index (χ0) is 35.0. The minimum atomic E-state index is -1.39. The Labute approximate surface area is 261 Å². The summed E-state index contributed by atoms with van der Waals surface area (Å²) >= 11 is 0. The number of hydrogen-bond acceptors (Lipinski definition) is 16. The van der Waals surface area contributed by atoms with Gasteiger partial charge in [0.15, 0.2) is 5.69 Å². The molecule has 0 bridgehead atoms. The van der Waals surface area contributed by atoms with Crippen molar-refractivity contribution in [1.29, 1.82) is 0 Å². The molecule has 23 nitrogen and oxygen atoms in total. The van der Waals surface area contributed by atoms with Crippen molar-refractivity contribution < 1.29 is 54.1 Å². The summed E-state index contributed by atoms with van der Waals surface area (Å²) in [5, 5.41) is 77.6. The van der Waals surface area contributed by atoms with Crippen LogP contribution in [0.1, 0.15) is 0 Å². The Morgan fingerprint density at radius 1 is 0.681 bits per heavy atom. The number of rotatable bonds is 12. The SMILES string of the molecule is O=C(O)CN1CCOc2cc([N+](=O)[O-])c(Nc3c([N+](=O)[O-])cc([N+](=O)[O-])cc3[N+](=O)[O-])cc2N(CC(=O)O)CCN(CC(=O)O)CC1. The first kappa shape index (κ1) is 35.3. The van der Waals surface area contributed by atoms with Gasteiger partial charge >= 0.3 is 29.3 Å². The Hall–Kier alpha value is -6.23. The number of benzene rings is 2. The zero-order valence-electron chi connectivity index (χ0n) is 24.0. The molecule has 0 radical (unpaired) electrons. The molecule has 47 heavy (non-hydrogen) atoms. The van der Waals surface area contributed by atoms with Gasteiger partial charge in [0.2, 0.25) is 0 Å². The highest BCUT2D eigenvalue weighted by molar-refractivity contribution is 5.87. The Morgan fingerprint density at radius 3 is 1.64 bits per heavy atom. The number of ether oxygens (including phenoxy) is 1. The van der Waals surface area contributed by atoms with Crippen LogP contribution < -0.4 is 15.0 Å². The van der Waals surface area contributed by atoms with Crippen molar-refractivity contribution in [2.24, 2.45) is 0 Å². The third-order valence-electron chi connectivity index (χ3n) is 6.69. The monoisotopic (exact) mass is 666 g/mol. The number of nitro benzene ring substituents is 4. The standard InChI is InChI=1S/C24H26N8O15/c33-21(34)11-26-1-2-27(12-22(35)36)5-6-47-20-10-16(30(41)42)15(9-17(20)28(4-3-26)13-23(37)38)25-24-18(31(43)44)7-14(29(39)40)8-19(24)32(45)46/h7-10,25H,1-6,11-13H2,(H,33,34)(H,35,36)(H,37,38). The molecule has 2 aromatic rings. The number of nitro groups is 4. The zero-order valence-corrected chi connectivity index (χ0v) is 24.0. The lowest BCUT2D eigenvalue weighted by Crippen LogP contribution is -2.45. The van der Waals surface area contributed by atoms with E-state index in [-0.39, 0.29) is 50.8 Å². The van der Waals surface area contributed by atoms with E-state index in [1.807, 2.05) is 0 Å². The molecule has 1 aliphatic heterocycles. The van der Waals surface area contributed by atoms with Crippen LogP contribution in [0.2, 0.25) is 0 Å². The highest BCUT2D eigenvalue weighted by Crippen LogP contribution is 2.45. The number of carboxylic acid groups (broad SMARTS) is 3. The molecule has 0 saturated carbocycles. The van der Waals surface area contributed by atoms with Gasteiger partial charge in [-0.1, -0.05) is 0 Å². The van der Waals surface area contributed by atoms with Gasteiger partial charge < -0.3 is 30.3 Å². The molecule has 0 amide bonds. The molecular formula is C24H26N8O15. The van der Waals surface area contributed by atoms with Crippen LogP contribution in [-0.2, 0) is 14.4 Å². The molecule has 0 unspecified atom stereocenters. The van der Waals surface area contributed by atoms with Crippen molar-refractivity contribution in [1.82, 2.24) is 9.80 Å². The summed E-state index contributed by atoms with van der Waals surface area (Å²) in [6.07, 6.45) is 0. The van der Waals surface area contributed by atoms with E-state index in [2.05, 4.69) is 5.32 Å². The van der Waals surface area contributed by atoms with Crippen LogP contribution >= 0.6 is 0 Å². The first-order valence-electron chi connectivity index (χ1n) is 13.3. The van der Waals surface area contributed by atoms with E-state index in [0.717, 1.165) is 17.0 Å². The van der Waals surface area contributed by atoms with Crippen LogP contribution in [0, 0.1) is 40.5 Å². The van der Waals surface area contributed by atoms with Crippen molar-refractivity contribution in [2.75, 3.05) is 69.2 Å². The topological polar surface area (TPSA) is 315 Å². The fourth-order valence-electron chi connectivity index (χ4n) is 4.63. The molecule has 0 saturated heterocycles. The van der Waals surface area contributed by atoms with Gasteiger partial charge in [0, 0.05) is 32.7 Å². The maximum atomic E-state index is 12.1. The van der Waals surface area contributed by atoms with Crippen LogP contribution in [0.4, 0.5) is 39.8 Å². The molecule has 1 heterocycles. The Bertz CT molecular complexity index is 1580. The molecule has 23 heteroatoms. The van der Waals surface area contributed by atoms with Crippen molar-refractivity contribution >= 4 is 57.7 Å². The maximum Gasteiger partial charge on any atom is 0.323 e. The lowest BCUT2D eigenvalue weighted by Gasteiger charge is -2.31. The second-order valence-electron chi connectivity index (χ2n) is 9.85. The summed E-state index contributed by atoms with van der Waals surface area (Å²) in [4.78, 5) is 81.3. The fourth-order valence-corrected chi connectivity index (χ4v) is 4.63. The fraction of sp³-hybridized carbons (Fsp3) is 0.375. The number of nitrogens with one attached hydrogen (secondary N) is 1. The molecule has 4 N–H and O–H groups in total. The second kappa shape index (κ2) is 15.2. The molecule has 0 atom stereocenters. The molecule has 252 valence electrons. The Kier molecular flexibility index (Phi) is 11.4. The molecule has 2 aromatic carbocycles. The van der Waals surface area contributed by atoms with E-state index < -0.39 is 91.4 Å². The van der Waals surface area contributed by atoms with Crippen molar-refractivity contribution in [3.8, 4) is 5.75 Å². The summed E-state index contributed by atoms with van der Waals surface area (Å²) in [6, 6.07) is 2.58. The third-order valence-corrected chi connectivity index (χ3v) is 6.69. The van der Waals surface area contributed by atoms with Gasteiger partial charge in [0.1, 0.15) is 24.6 Å². The van der Waals surface area contributed by atoms with E-state index in [1.54, 1.807) is 0 Å². The minimum Gasteiger partial charge on any atom is -0.490 e. The first-order valence-corrected chi connectivity index (χ1v) is 13.3. The molecule has 0 fully saturated rings. The summed E-state index contributed by atoms with van der Waals surface area (Å²) in [5.74, 6) is -4.12. The number of non-ortho nitro benzene ring substituents is 1. The number of hydrogen-bond donors (Lipinski definition) is 4. The van der Waals surface area contributed by atoms with E-state index in [1.165, 1.54) is 9.80 Å². The molecule has 3 rings (SSSR count). The average Bonchev–Trinajstić information content (AvgIpc) is 2.96. The number of aliphatic carboxylic acids is 3. The number of carbonyl (C=O) groups is 3. The average molecular weight is 667 g/mol. The lowest BCUT2D eigenvalue weighted by molar-refractivity contribution is -0.401. The first-order chi connectivity index (χ1) is 22.1. The third kappa shape index (κ3) is 9.38. The largest absolute Gasteiger partial charge is 0.490 e. The quantitative estimate of drug-likeness (QED) is 0.182. The van der Waals surface area contributed by atoms with Gasteiger partial charge in [0.25, 0.3) is 11.4 Å². The summed E-state index contributed by atoms with van der Waals surface area (Å²) in [6.45, 7) is -2.31. The summed E-state index contributed by atoms with van der Waals surface area (Å²) in [5.41, 5.74) is -5.97. The van der Waals surface area contributed by atoms with E-state index in [0.29, 0.717) is 12.1 Å². The molecule has 1 aliphatic rings. The van der Waals surface area contributed by atoms with E-state index >= 15 is 0 Å². The minimum absolute atomic E-state index is 0.0495. The molecule has 0 aromatic heterocycles. The number of carboxylic acids is 3. The molecular weight excluding hydrogens is 640 g/mol. The second-order valence-corrected chi connectivity index (χ2v) is 9.85. The highest BCUT2D eigenvalue weighted by Gasteiger charge is 2.33. The van der Waals surface area contributed by atoms with Gasteiger partial charge in [-0.05, 0) is 6.07 Å². The van der Waals surface area contributed by atoms with Crippen LogP contribution in [-0.4, -0.2) is 122 Å². The lowest BCUT2D eigenvalue weighted by atomic mass is 10.1. The van der Waals surface area contributed by atoms with Crippen molar-refractivity contribution in [3.63, 3.8) is 0 Å². The smallest absolute Gasteiger partial charge is 0.323 e. The van der Waals surface area contributed by atoms with Gasteiger partial charge in [-0.2, -0.15) is 0 Å². The normalized spacial score (nSPS) is 14.4. The maximum absolute atomic E-state index is 12.1. The highest BCUT2D eigenvalue weighted by atomic mass is 16.6. The van der Waals surface area contributed by atoms with Crippen molar-refractivity contribution in [3.05, 3.63) is 64.7 Å². The summed E-state index contributed by atoms with van der Waals surface area (Å²) < 4.78 is 5.74. The van der Waals surface area contributed by atoms with Crippen LogP contribution in [0.5, 0.6) is 5.75 Å². The van der Waals surface area contributed by atoms with E-state index in [4.69, 9.17) is 4.74 Å². The number of anilines is 3. The van der Waals surface area contributed by atoms with Gasteiger partial charge in [0.05, 0.1) is 56.7 Å². The van der Waals surface area contributed by atoms with Crippen LogP contribution in [0.15, 0.2) is 24.3 Å².